The van der Waals surface area contributed by atoms with Crippen LogP contribution in [0.5, 0.6) is 0 Å². The normalized spacial score (nSPS) is 13.2. The van der Waals surface area contributed by atoms with Crippen molar-refractivity contribution in [3.05, 3.63) is 71.8 Å². The van der Waals surface area contributed by atoms with Crippen LogP contribution in [0.3, 0.4) is 0 Å². The number of carbonyl (C=O) groups is 3. The molecule has 0 heterocycles. The fourth-order valence-corrected chi connectivity index (χ4v) is 3.67. The first-order chi connectivity index (χ1) is 16.8. The third-order valence-electron chi connectivity index (χ3n) is 5.33. The zero-order chi connectivity index (χ0) is 25.6. The third-order valence-corrected chi connectivity index (χ3v) is 5.60. The Balaban J connectivity index is 2.11. The number of carbonyl (C=O) groups excluding carboxylic acids is 3. The number of hydrogen-bond acceptors (Lipinski definition) is 5. The highest BCUT2D eigenvalue weighted by Crippen LogP contribution is 2.08. The molecule has 0 radical (unpaired) electrons. The predicted octanol–water partition coefficient (Wildman–Crippen LogP) is 0.630. The van der Waals surface area contributed by atoms with Gasteiger partial charge in [0.25, 0.3) is 0 Å². The summed E-state index contributed by atoms with van der Waals surface area (Å²) in [6, 6.07) is 16.0. The van der Waals surface area contributed by atoms with Crippen LogP contribution in [-0.4, -0.2) is 54.1 Å². The van der Waals surface area contributed by atoms with Crippen LogP contribution in [0.1, 0.15) is 24.0 Å². The van der Waals surface area contributed by atoms with Crippen LogP contribution in [0.25, 0.3) is 0 Å². The average molecular weight is 501 g/mol. The molecule has 2 aromatic rings. The highest BCUT2D eigenvalue weighted by Gasteiger charge is 2.28. The first kappa shape index (κ1) is 27.8. The Labute approximate surface area is 210 Å². The number of guanidine groups is 1. The van der Waals surface area contributed by atoms with Crippen molar-refractivity contribution in [3.63, 3.8) is 0 Å². The molecule has 0 fully saturated rings. The molecule has 10 heteroatoms. The summed E-state index contributed by atoms with van der Waals surface area (Å²) in [6.45, 7) is 0.308. The number of nitrogens with zero attached hydrogens (tertiary/aromatic N) is 1. The van der Waals surface area contributed by atoms with Gasteiger partial charge in [0, 0.05) is 13.0 Å². The molecule has 0 aliphatic rings. The number of alkyl halides is 1. The SMILES string of the molecule is NC(N)=NCCC[C@H](NC(=O)[C@H](Cc1ccccc1)NC(=O)[C@H](N)Cc1ccccc1)C(=O)CCl. The molecule has 0 spiro atoms. The number of hydrogen-bond donors (Lipinski definition) is 5. The van der Waals surface area contributed by atoms with Gasteiger partial charge in [0.2, 0.25) is 11.8 Å². The number of nitrogens with one attached hydrogen (secondary N) is 2. The van der Waals surface area contributed by atoms with Gasteiger partial charge in [-0.05, 0) is 30.4 Å². The van der Waals surface area contributed by atoms with E-state index in [0.717, 1.165) is 11.1 Å². The van der Waals surface area contributed by atoms with Crippen molar-refractivity contribution in [1.29, 1.82) is 0 Å². The van der Waals surface area contributed by atoms with Gasteiger partial charge < -0.3 is 27.8 Å². The Hall–Kier alpha value is -3.43. The quantitative estimate of drug-likeness (QED) is 0.110. The highest BCUT2D eigenvalue weighted by molar-refractivity contribution is 6.28. The average Bonchev–Trinajstić information content (AvgIpc) is 2.85. The number of halogens is 1. The second-order valence-corrected chi connectivity index (χ2v) is 8.42. The largest absolute Gasteiger partial charge is 0.370 e. The summed E-state index contributed by atoms with van der Waals surface area (Å²) in [5.41, 5.74) is 18.5. The van der Waals surface area contributed by atoms with Crippen molar-refractivity contribution < 1.29 is 14.4 Å². The van der Waals surface area contributed by atoms with E-state index in [9.17, 15) is 14.4 Å². The monoisotopic (exact) mass is 500 g/mol. The van der Waals surface area contributed by atoms with Crippen molar-refractivity contribution in [3.8, 4) is 0 Å². The fraction of sp³-hybridized carbons (Fsp3) is 0.360. The Morgan fingerprint density at radius 1 is 0.829 bits per heavy atom. The molecule has 0 saturated carbocycles. The van der Waals surface area contributed by atoms with Crippen LogP contribution in [0.4, 0.5) is 0 Å². The van der Waals surface area contributed by atoms with E-state index in [2.05, 4.69) is 15.6 Å². The van der Waals surface area contributed by atoms with Crippen LogP contribution < -0.4 is 27.8 Å². The van der Waals surface area contributed by atoms with Crippen LogP contribution in [0.15, 0.2) is 65.7 Å². The van der Waals surface area contributed by atoms with E-state index < -0.39 is 29.9 Å². The molecule has 0 unspecified atom stereocenters. The highest BCUT2D eigenvalue weighted by atomic mass is 35.5. The van der Waals surface area contributed by atoms with Gasteiger partial charge >= 0.3 is 0 Å². The molecule has 0 bridgehead atoms. The van der Waals surface area contributed by atoms with E-state index in [0.29, 0.717) is 25.8 Å². The van der Waals surface area contributed by atoms with E-state index in [1.54, 1.807) is 0 Å². The molecule has 2 amide bonds. The summed E-state index contributed by atoms with van der Waals surface area (Å²) in [5.74, 6) is -1.61. The molecule has 9 nitrogen and oxygen atoms in total. The molecule has 0 saturated heterocycles. The van der Waals surface area contributed by atoms with E-state index in [1.165, 1.54) is 0 Å². The van der Waals surface area contributed by atoms with Crippen LogP contribution >= 0.6 is 11.6 Å². The number of benzene rings is 2. The van der Waals surface area contributed by atoms with Crippen molar-refractivity contribution in [2.24, 2.45) is 22.2 Å². The minimum Gasteiger partial charge on any atom is -0.370 e. The lowest BCUT2D eigenvalue weighted by atomic mass is 10.0. The Kier molecular flexibility index (Phi) is 11.7. The summed E-state index contributed by atoms with van der Waals surface area (Å²) in [5, 5.41) is 5.49. The zero-order valence-electron chi connectivity index (χ0n) is 19.5. The topological polar surface area (TPSA) is 166 Å². The third kappa shape index (κ3) is 10.2. The number of amides is 2. The van der Waals surface area contributed by atoms with Gasteiger partial charge in [-0.1, -0.05) is 60.7 Å². The standard InChI is InChI=1S/C25H33ClN6O3/c26-16-22(33)20(12-7-13-30-25(28)29)31-24(35)21(15-18-10-5-2-6-11-18)32-23(34)19(27)14-17-8-3-1-4-9-17/h1-6,8-11,19-21H,7,12-16,27H2,(H,31,35)(H,32,34)(H4,28,29,30)/t19-,20+,21+/m1/s1. The van der Waals surface area contributed by atoms with Gasteiger partial charge in [0.1, 0.15) is 6.04 Å². The summed E-state index contributed by atoms with van der Waals surface area (Å²) in [7, 11) is 0. The molecule has 35 heavy (non-hydrogen) atoms. The van der Waals surface area contributed by atoms with E-state index >= 15 is 0 Å². The number of nitrogens with two attached hydrogens (primary N) is 3. The van der Waals surface area contributed by atoms with Crippen LogP contribution in [0.2, 0.25) is 0 Å². The molecule has 188 valence electrons. The van der Waals surface area contributed by atoms with Crippen molar-refractivity contribution in [1.82, 2.24) is 10.6 Å². The van der Waals surface area contributed by atoms with Crippen molar-refractivity contribution >= 4 is 35.2 Å². The summed E-state index contributed by atoms with van der Waals surface area (Å²) in [6.07, 6.45) is 1.31. The van der Waals surface area contributed by atoms with Crippen LogP contribution in [0, 0.1) is 0 Å². The maximum Gasteiger partial charge on any atom is 0.243 e. The zero-order valence-corrected chi connectivity index (χ0v) is 20.3. The van der Waals surface area contributed by atoms with Crippen molar-refractivity contribution in [2.75, 3.05) is 12.4 Å². The first-order valence-corrected chi connectivity index (χ1v) is 11.9. The lowest BCUT2D eigenvalue weighted by Gasteiger charge is -2.24. The Morgan fingerprint density at radius 3 is 1.91 bits per heavy atom. The molecule has 3 atom stereocenters. The molecular weight excluding hydrogens is 468 g/mol. The Morgan fingerprint density at radius 2 is 1.37 bits per heavy atom. The van der Waals surface area contributed by atoms with Gasteiger partial charge in [-0.25, -0.2) is 0 Å². The van der Waals surface area contributed by atoms with Gasteiger partial charge in [0.05, 0.1) is 18.0 Å². The second kappa shape index (κ2) is 14.7. The smallest absolute Gasteiger partial charge is 0.243 e. The second-order valence-electron chi connectivity index (χ2n) is 8.16. The van der Waals surface area contributed by atoms with Gasteiger partial charge in [-0.2, -0.15) is 0 Å². The molecule has 0 aromatic heterocycles. The molecule has 2 aromatic carbocycles. The van der Waals surface area contributed by atoms with Gasteiger partial charge in [-0.3, -0.25) is 19.4 Å². The molecular formula is C25H33ClN6O3. The number of Topliss-reactive ketones (excluding diaryl/α,β-unsaturated/α-hetero) is 1. The van der Waals surface area contributed by atoms with E-state index in [4.69, 9.17) is 28.8 Å². The lowest BCUT2D eigenvalue weighted by molar-refractivity contribution is -0.131. The van der Waals surface area contributed by atoms with Crippen LogP contribution in [-0.2, 0) is 27.2 Å². The fourth-order valence-electron chi connectivity index (χ4n) is 3.48. The van der Waals surface area contributed by atoms with Gasteiger partial charge in [-0.15, -0.1) is 11.6 Å². The van der Waals surface area contributed by atoms with E-state index in [1.807, 2.05) is 60.7 Å². The number of rotatable bonds is 14. The number of aliphatic imine (C=N–C) groups is 1. The molecule has 0 aliphatic carbocycles. The Bertz CT molecular complexity index is 983. The molecule has 2 rings (SSSR count). The number of ketones is 1. The minimum atomic E-state index is -0.935. The van der Waals surface area contributed by atoms with E-state index in [-0.39, 0.29) is 24.0 Å². The molecule has 8 N–H and O–H groups in total. The maximum absolute atomic E-state index is 13.2. The minimum absolute atomic E-state index is 0.0493. The van der Waals surface area contributed by atoms with Gasteiger partial charge in [0.15, 0.2) is 11.7 Å². The van der Waals surface area contributed by atoms with Crippen molar-refractivity contribution in [2.45, 2.75) is 43.8 Å². The predicted molar refractivity (Wildman–Crippen MR) is 138 cm³/mol. The molecule has 0 aliphatic heterocycles. The first-order valence-electron chi connectivity index (χ1n) is 11.4. The summed E-state index contributed by atoms with van der Waals surface area (Å²) in [4.78, 5) is 42.3. The lowest BCUT2D eigenvalue weighted by Crippen LogP contribution is -2.55. The summed E-state index contributed by atoms with van der Waals surface area (Å²) < 4.78 is 0. The maximum atomic E-state index is 13.2. The summed E-state index contributed by atoms with van der Waals surface area (Å²) >= 11 is 5.75.